The summed E-state index contributed by atoms with van der Waals surface area (Å²) in [5.74, 6) is 0.521. The summed E-state index contributed by atoms with van der Waals surface area (Å²) in [4.78, 5) is 0. The third kappa shape index (κ3) is 11.0. The second kappa shape index (κ2) is 15.3. The second-order valence-electron chi connectivity index (χ2n) is 8.77. The molecule has 0 radical (unpaired) electrons. The molecule has 0 fully saturated rings. The van der Waals surface area contributed by atoms with Crippen LogP contribution >= 0.6 is 0 Å². The monoisotopic (exact) mass is 446 g/mol. The number of rotatable bonds is 18. The fraction of sp³-hybridized carbons (Fsp3) is 0.630. The quantitative estimate of drug-likeness (QED) is 0.170. The number of hydrogen-bond donors (Lipinski definition) is 0. The van der Waals surface area contributed by atoms with E-state index in [9.17, 15) is 8.42 Å². The van der Waals surface area contributed by atoms with Crippen molar-refractivity contribution in [1.82, 2.24) is 0 Å². The van der Waals surface area contributed by atoms with E-state index in [1.54, 1.807) is 6.07 Å². The maximum Gasteiger partial charge on any atom is 0.309 e. The van der Waals surface area contributed by atoms with Crippen molar-refractivity contribution in [2.24, 2.45) is 0 Å². The summed E-state index contributed by atoms with van der Waals surface area (Å²) in [5.41, 5.74) is 0. The molecule has 0 saturated heterocycles. The first kappa shape index (κ1) is 25.7. The molecule has 0 N–H and O–H groups in total. The van der Waals surface area contributed by atoms with Crippen LogP contribution in [-0.4, -0.2) is 14.2 Å². The van der Waals surface area contributed by atoms with Gasteiger partial charge in [-0.05, 0) is 17.9 Å². The Morgan fingerprint density at radius 2 is 1.10 bits per heavy atom. The molecule has 2 aromatic rings. The Morgan fingerprint density at radius 1 is 0.613 bits per heavy atom. The van der Waals surface area contributed by atoms with Crippen LogP contribution in [0.25, 0.3) is 10.8 Å². The summed E-state index contributed by atoms with van der Waals surface area (Å²) in [6, 6.07) is 13.2. The standard InChI is InChI=1S/C27H42O3S/c1-2-3-4-5-6-7-8-9-10-11-12-13-14-15-18-24-31(28,29)30-27-23-19-21-25-20-16-17-22-26(25)27/h16-17,19-23H,2-15,18,24H2,1H3. The van der Waals surface area contributed by atoms with Crippen LogP contribution in [0.4, 0.5) is 0 Å². The predicted octanol–water partition coefficient (Wildman–Crippen LogP) is 8.42. The van der Waals surface area contributed by atoms with Crippen LogP contribution in [0, 0.1) is 0 Å². The molecule has 2 aromatic carbocycles. The molecule has 0 unspecified atom stereocenters. The van der Waals surface area contributed by atoms with Crippen molar-refractivity contribution in [2.45, 2.75) is 103 Å². The van der Waals surface area contributed by atoms with Crippen LogP contribution in [0.2, 0.25) is 0 Å². The van der Waals surface area contributed by atoms with Crippen molar-refractivity contribution >= 4 is 20.9 Å². The second-order valence-corrected chi connectivity index (χ2v) is 10.5. The van der Waals surface area contributed by atoms with Crippen molar-refractivity contribution in [3.05, 3.63) is 42.5 Å². The van der Waals surface area contributed by atoms with Crippen molar-refractivity contribution < 1.29 is 12.6 Å². The van der Waals surface area contributed by atoms with Crippen LogP contribution in [0.15, 0.2) is 42.5 Å². The molecular weight excluding hydrogens is 404 g/mol. The van der Waals surface area contributed by atoms with Gasteiger partial charge in [0.2, 0.25) is 0 Å². The van der Waals surface area contributed by atoms with E-state index in [1.807, 2.05) is 36.4 Å². The summed E-state index contributed by atoms with van der Waals surface area (Å²) in [6.45, 7) is 2.27. The van der Waals surface area contributed by atoms with Gasteiger partial charge in [-0.3, -0.25) is 0 Å². The van der Waals surface area contributed by atoms with Gasteiger partial charge in [-0.1, -0.05) is 133 Å². The van der Waals surface area contributed by atoms with Gasteiger partial charge in [0.1, 0.15) is 5.75 Å². The molecule has 0 aromatic heterocycles. The Balaban J connectivity index is 1.48. The van der Waals surface area contributed by atoms with Gasteiger partial charge in [0, 0.05) is 5.39 Å². The van der Waals surface area contributed by atoms with Crippen LogP contribution in [0.5, 0.6) is 5.75 Å². The summed E-state index contributed by atoms with van der Waals surface area (Å²) < 4.78 is 30.1. The summed E-state index contributed by atoms with van der Waals surface area (Å²) >= 11 is 0. The van der Waals surface area contributed by atoms with Gasteiger partial charge in [0.25, 0.3) is 0 Å². The van der Waals surface area contributed by atoms with Gasteiger partial charge in [-0.15, -0.1) is 0 Å². The molecule has 4 heteroatoms. The molecule has 2 rings (SSSR count). The predicted molar refractivity (Wildman–Crippen MR) is 133 cm³/mol. The van der Waals surface area contributed by atoms with E-state index in [0.717, 1.165) is 23.6 Å². The SMILES string of the molecule is CCCCCCCCCCCCCCCCCS(=O)(=O)Oc1cccc2ccccc12. The molecule has 0 heterocycles. The van der Waals surface area contributed by atoms with Crippen molar-refractivity contribution in [3.8, 4) is 5.75 Å². The average Bonchev–Trinajstić information content (AvgIpc) is 2.76. The summed E-state index contributed by atoms with van der Waals surface area (Å²) in [6.07, 6.45) is 19.0. The summed E-state index contributed by atoms with van der Waals surface area (Å²) in [7, 11) is -3.54. The minimum atomic E-state index is -3.54. The van der Waals surface area contributed by atoms with Gasteiger partial charge in [0.05, 0.1) is 5.75 Å². The van der Waals surface area contributed by atoms with E-state index in [-0.39, 0.29) is 5.75 Å². The molecule has 0 spiro atoms. The normalized spacial score (nSPS) is 11.8. The van der Waals surface area contributed by atoms with Gasteiger partial charge in [-0.2, -0.15) is 8.42 Å². The zero-order valence-corrected chi connectivity index (χ0v) is 20.3. The van der Waals surface area contributed by atoms with E-state index in [2.05, 4.69) is 6.92 Å². The lowest BCUT2D eigenvalue weighted by molar-refractivity contribution is 0.483. The van der Waals surface area contributed by atoms with Gasteiger partial charge in [-0.25, -0.2) is 0 Å². The van der Waals surface area contributed by atoms with E-state index >= 15 is 0 Å². The molecule has 0 saturated carbocycles. The zero-order valence-electron chi connectivity index (χ0n) is 19.5. The van der Waals surface area contributed by atoms with Gasteiger partial charge in [0.15, 0.2) is 0 Å². The molecule has 174 valence electrons. The average molecular weight is 447 g/mol. The molecule has 0 aliphatic heterocycles. The highest BCUT2D eigenvalue weighted by molar-refractivity contribution is 7.87. The zero-order chi connectivity index (χ0) is 22.2. The van der Waals surface area contributed by atoms with Crippen molar-refractivity contribution in [2.75, 3.05) is 5.75 Å². The van der Waals surface area contributed by atoms with Crippen LogP contribution < -0.4 is 4.18 Å². The van der Waals surface area contributed by atoms with E-state index in [4.69, 9.17) is 4.18 Å². The van der Waals surface area contributed by atoms with Crippen LogP contribution in [0.1, 0.15) is 103 Å². The smallest absolute Gasteiger partial charge is 0.309 e. The molecular formula is C27H42O3S. The number of benzene rings is 2. The Kier molecular flexibility index (Phi) is 12.7. The van der Waals surface area contributed by atoms with Crippen molar-refractivity contribution in [1.29, 1.82) is 0 Å². The molecule has 0 bridgehead atoms. The Morgan fingerprint density at radius 3 is 1.68 bits per heavy atom. The van der Waals surface area contributed by atoms with Gasteiger partial charge < -0.3 is 4.18 Å². The highest BCUT2D eigenvalue weighted by atomic mass is 32.2. The fourth-order valence-electron chi connectivity index (χ4n) is 4.10. The Hall–Kier alpha value is -1.55. The maximum atomic E-state index is 12.4. The minimum absolute atomic E-state index is 0.0917. The first-order valence-corrected chi connectivity index (χ1v) is 14.1. The first-order valence-electron chi connectivity index (χ1n) is 12.5. The number of fused-ring (bicyclic) bond motifs is 1. The van der Waals surface area contributed by atoms with Gasteiger partial charge >= 0.3 is 10.1 Å². The highest BCUT2D eigenvalue weighted by Crippen LogP contribution is 2.26. The van der Waals surface area contributed by atoms with Crippen LogP contribution in [0.3, 0.4) is 0 Å². The molecule has 0 aliphatic carbocycles. The van der Waals surface area contributed by atoms with Crippen molar-refractivity contribution in [3.63, 3.8) is 0 Å². The lowest BCUT2D eigenvalue weighted by atomic mass is 10.0. The first-order chi connectivity index (χ1) is 15.1. The highest BCUT2D eigenvalue weighted by Gasteiger charge is 2.14. The molecule has 31 heavy (non-hydrogen) atoms. The Labute approximate surface area is 190 Å². The summed E-state index contributed by atoms with van der Waals surface area (Å²) in [5, 5.41) is 1.83. The lowest BCUT2D eigenvalue weighted by Gasteiger charge is -2.09. The van der Waals surface area contributed by atoms with E-state index in [0.29, 0.717) is 12.2 Å². The molecule has 0 aliphatic rings. The molecule has 0 amide bonds. The molecule has 0 atom stereocenters. The van der Waals surface area contributed by atoms with E-state index in [1.165, 1.54) is 77.0 Å². The topological polar surface area (TPSA) is 43.4 Å². The maximum absolute atomic E-state index is 12.4. The number of unbranched alkanes of at least 4 members (excludes halogenated alkanes) is 14. The largest absolute Gasteiger partial charge is 0.382 e. The van der Waals surface area contributed by atoms with Crippen LogP contribution in [-0.2, 0) is 10.1 Å². The fourth-order valence-corrected chi connectivity index (χ4v) is 5.16. The third-order valence-electron chi connectivity index (χ3n) is 5.96. The number of hydrogen-bond acceptors (Lipinski definition) is 3. The lowest BCUT2D eigenvalue weighted by Crippen LogP contribution is -2.14. The third-order valence-corrected chi connectivity index (χ3v) is 7.19. The molecule has 3 nitrogen and oxygen atoms in total. The minimum Gasteiger partial charge on any atom is -0.382 e. The Bertz CT molecular complexity index is 824. The van der Waals surface area contributed by atoms with E-state index < -0.39 is 10.1 Å².